The number of benzene rings is 1. The fourth-order valence-electron chi connectivity index (χ4n) is 2.30. The van der Waals surface area contributed by atoms with E-state index in [9.17, 15) is 9.59 Å². The second-order valence-corrected chi connectivity index (χ2v) is 5.39. The van der Waals surface area contributed by atoms with E-state index in [0.717, 1.165) is 0 Å². The Bertz CT molecular complexity index is 799. The van der Waals surface area contributed by atoms with Crippen LogP contribution in [0.15, 0.2) is 16.9 Å². The summed E-state index contributed by atoms with van der Waals surface area (Å²) in [6.45, 7) is 1.77. The van der Waals surface area contributed by atoms with Crippen molar-refractivity contribution >= 4 is 40.1 Å². The highest BCUT2D eigenvalue weighted by atomic mass is 35.5. The van der Waals surface area contributed by atoms with Crippen molar-refractivity contribution < 1.29 is 19.0 Å². The number of aromatic amines is 1. The minimum atomic E-state index is -0.948. The Kier molecular flexibility index (Phi) is 5.64. The number of H-pyrrole nitrogens is 1. The predicted molar refractivity (Wildman–Crippen MR) is 87.3 cm³/mol. The molecule has 0 fully saturated rings. The molecule has 0 aliphatic heterocycles. The monoisotopic (exact) mass is 359 g/mol. The second-order valence-electron chi connectivity index (χ2n) is 4.58. The van der Waals surface area contributed by atoms with Crippen molar-refractivity contribution in [1.82, 2.24) is 4.98 Å². The molecule has 2 rings (SSSR count). The van der Waals surface area contributed by atoms with Crippen LogP contribution in [0.25, 0.3) is 10.9 Å². The number of esters is 1. The summed E-state index contributed by atoms with van der Waals surface area (Å²) in [6.07, 6.45) is -0.948. The molecule has 1 aromatic heterocycles. The summed E-state index contributed by atoms with van der Waals surface area (Å²) in [7, 11) is 2.79. The summed E-state index contributed by atoms with van der Waals surface area (Å²) in [4.78, 5) is 27.2. The molecule has 0 atom stereocenters. The van der Waals surface area contributed by atoms with E-state index < -0.39 is 17.8 Å². The zero-order chi connectivity index (χ0) is 17.1. The third kappa shape index (κ3) is 3.35. The summed E-state index contributed by atoms with van der Waals surface area (Å²) < 4.78 is 15.4. The minimum absolute atomic E-state index is 0.127. The van der Waals surface area contributed by atoms with Gasteiger partial charge in [-0.3, -0.25) is 4.79 Å². The lowest BCUT2D eigenvalue weighted by Crippen LogP contribution is -2.25. The molecule has 1 N–H and O–H groups in total. The van der Waals surface area contributed by atoms with Crippen molar-refractivity contribution in [3.63, 3.8) is 0 Å². The van der Waals surface area contributed by atoms with Crippen LogP contribution in [-0.2, 0) is 14.2 Å². The van der Waals surface area contributed by atoms with Crippen LogP contribution in [0.5, 0.6) is 0 Å². The first kappa shape index (κ1) is 17.7. The predicted octanol–water partition coefficient (Wildman–Crippen LogP) is 3.30. The maximum absolute atomic E-state index is 12.4. The number of fused-ring (bicyclic) bond motifs is 1. The average Bonchev–Trinajstić information content (AvgIpc) is 2.50. The zero-order valence-electron chi connectivity index (χ0n) is 12.7. The highest BCUT2D eigenvalue weighted by Gasteiger charge is 2.27. The summed E-state index contributed by atoms with van der Waals surface area (Å²) in [5.74, 6) is -0.768. The third-order valence-electron chi connectivity index (χ3n) is 3.24. The molecule has 0 aliphatic carbocycles. The Hall–Kier alpha value is -1.60. The minimum Gasteiger partial charge on any atom is -0.462 e. The van der Waals surface area contributed by atoms with Gasteiger partial charge in [0.2, 0.25) is 0 Å². The molecule has 0 aliphatic rings. The summed E-state index contributed by atoms with van der Waals surface area (Å²) in [6, 6.07) is 3.04. The molecule has 0 spiro atoms. The molecule has 124 valence electrons. The van der Waals surface area contributed by atoms with Crippen molar-refractivity contribution in [2.24, 2.45) is 0 Å². The number of halogens is 2. The van der Waals surface area contributed by atoms with Crippen LogP contribution in [0.3, 0.4) is 0 Å². The van der Waals surface area contributed by atoms with Gasteiger partial charge in [0.15, 0.2) is 6.29 Å². The molecular weight excluding hydrogens is 345 g/mol. The number of hydrogen-bond acceptors (Lipinski definition) is 5. The molecule has 0 saturated carbocycles. The lowest BCUT2D eigenvalue weighted by Gasteiger charge is -2.19. The fourth-order valence-corrected chi connectivity index (χ4v) is 2.62. The third-order valence-corrected chi connectivity index (χ3v) is 3.96. The van der Waals surface area contributed by atoms with Gasteiger partial charge in [-0.15, -0.1) is 0 Å². The number of carbonyl (C=O) groups is 1. The van der Waals surface area contributed by atoms with Crippen molar-refractivity contribution in [1.29, 1.82) is 0 Å². The zero-order valence-corrected chi connectivity index (χ0v) is 14.2. The van der Waals surface area contributed by atoms with Gasteiger partial charge in [-0.25, -0.2) is 4.79 Å². The molecule has 1 heterocycles. The van der Waals surface area contributed by atoms with E-state index >= 15 is 0 Å². The lowest BCUT2D eigenvalue weighted by atomic mass is 10.0. The van der Waals surface area contributed by atoms with Crippen LogP contribution in [0.2, 0.25) is 10.0 Å². The van der Waals surface area contributed by atoms with Crippen molar-refractivity contribution in [3.05, 3.63) is 43.7 Å². The first-order valence-corrected chi connectivity index (χ1v) is 7.47. The lowest BCUT2D eigenvalue weighted by molar-refractivity contribution is -0.105. The molecule has 23 heavy (non-hydrogen) atoms. The highest BCUT2D eigenvalue weighted by Crippen LogP contribution is 2.33. The van der Waals surface area contributed by atoms with E-state index in [0.29, 0.717) is 10.9 Å². The molecule has 0 radical (unpaired) electrons. The maximum Gasteiger partial charge on any atom is 0.344 e. The Labute approximate surface area is 142 Å². The standard InChI is InChI=1S/C15H15Cl2NO5/c1-4-23-14(20)12-11(15(21-2)22-3)7-5-8(16)9(17)6-10(7)18-13(12)19/h5-6,15H,4H2,1-3H3,(H,18,19). The number of hydrogen-bond donors (Lipinski definition) is 1. The first-order chi connectivity index (χ1) is 10.9. The van der Waals surface area contributed by atoms with Gasteiger partial charge in [0, 0.05) is 25.2 Å². The van der Waals surface area contributed by atoms with Crippen LogP contribution >= 0.6 is 23.2 Å². The molecule has 0 amide bonds. The van der Waals surface area contributed by atoms with Gasteiger partial charge >= 0.3 is 5.97 Å². The van der Waals surface area contributed by atoms with E-state index in [1.165, 1.54) is 26.4 Å². The molecule has 0 bridgehead atoms. The van der Waals surface area contributed by atoms with Gasteiger partial charge in [0.05, 0.1) is 22.2 Å². The van der Waals surface area contributed by atoms with Crippen LogP contribution < -0.4 is 5.56 Å². The van der Waals surface area contributed by atoms with Crippen LogP contribution in [0.4, 0.5) is 0 Å². The second kappa shape index (κ2) is 7.31. The topological polar surface area (TPSA) is 77.6 Å². The van der Waals surface area contributed by atoms with Crippen molar-refractivity contribution in [3.8, 4) is 0 Å². The molecule has 6 nitrogen and oxygen atoms in total. The molecule has 0 unspecified atom stereocenters. The summed E-state index contributed by atoms with van der Waals surface area (Å²) >= 11 is 12.0. The van der Waals surface area contributed by atoms with Gasteiger partial charge in [0.1, 0.15) is 5.56 Å². The first-order valence-electron chi connectivity index (χ1n) is 6.72. The molecule has 2 aromatic rings. The molecule has 1 aromatic carbocycles. The smallest absolute Gasteiger partial charge is 0.344 e. The number of methoxy groups -OCH3 is 2. The van der Waals surface area contributed by atoms with E-state index in [1.807, 2.05) is 0 Å². The SMILES string of the molecule is CCOC(=O)c1c(C(OC)OC)c2cc(Cl)c(Cl)cc2[nH]c1=O. The maximum atomic E-state index is 12.4. The number of aromatic nitrogens is 1. The van der Waals surface area contributed by atoms with Gasteiger partial charge in [-0.2, -0.15) is 0 Å². The van der Waals surface area contributed by atoms with Crippen LogP contribution in [0, 0.1) is 0 Å². The normalized spacial score (nSPS) is 11.2. The summed E-state index contributed by atoms with van der Waals surface area (Å²) in [5.41, 5.74) is -0.160. The van der Waals surface area contributed by atoms with Crippen molar-refractivity contribution in [2.45, 2.75) is 13.2 Å². The molecule has 0 saturated heterocycles. The van der Waals surface area contributed by atoms with Gasteiger partial charge < -0.3 is 19.2 Å². The molecular formula is C15H15Cl2NO5. The summed E-state index contributed by atoms with van der Waals surface area (Å²) in [5, 5.41) is 1.03. The van der Waals surface area contributed by atoms with E-state index in [-0.39, 0.29) is 27.8 Å². The highest BCUT2D eigenvalue weighted by molar-refractivity contribution is 6.42. The largest absolute Gasteiger partial charge is 0.462 e. The van der Waals surface area contributed by atoms with Crippen LogP contribution in [0.1, 0.15) is 29.1 Å². The van der Waals surface area contributed by atoms with Gasteiger partial charge in [0.25, 0.3) is 5.56 Å². The fraction of sp³-hybridized carbons (Fsp3) is 0.333. The van der Waals surface area contributed by atoms with Crippen LogP contribution in [-0.4, -0.2) is 31.8 Å². The number of pyridine rings is 1. The Morgan fingerprint density at radius 1 is 1.22 bits per heavy atom. The Morgan fingerprint density at radius 3 is 2.39 bits per heavy atom. The molecule has 8 heteroatoms. The average molecular weight is 360 g/mol. The van der Waals surface area contributed by atoms with Gasteiger partial charge in [-0.1, -0.05) is 23.2 Å². The number of carbonyl (C=O) groups excluding carboxylic acids is 1. The van der Waals surface area contributed by atoms with Gasteiger partial charge in [-0.05, 0) is 19.1 Å². The number of ether oxygens (including phenoxy) is 3. The Morgan fingerprint density at radius 2 is 1.83 bits per heavy atom. The van der Waals surface area contributed by atoms with E-state index in [4.69, 9.17) is 37.4 Å². The Balaban J connectivity index is 2.90. The van der Waals surface area contributed by atoms with Crippen molar-refractivity contribution in [2.75, 3.05) is 20.8 Å². The number of nitrogens with one attached hydrogen (secondary N) is 1. The quantitative estimate of drug-likeness (QED) is 0.654. The number of rotatable bonds is 5. The van der Waals surface area contributed by atoms with E-state index in [2.05, 4.69) is 4.98 Å². The van der Waals surface area contributed by atoms with E-state index in [1.54, 1.807) is 6.92 Å².